The Kier molecular flexibility index (Phi) is 11.3. The summed E-state index contributed by atoms with van der Waals surface area (Å²) >= 11 is 0. The maximum Gasteiger partial charge on any atom is 0.0488 e. The molecule has 1 aliphatic carbocycles. The van der Waals surface area contributed by atoms with Crippen molar-refractivity contribution < 1.29 is 0 Å². The van der Waals surface area contributed by atoms with Gasteiger partial charge >= 0.3 is 0 Å². The number of nitrogens with zero attached hydrogens (tertiary/aromatic N) is 2. The highest BCUT2D eigenvalue weighted by atomic mass is 15.2. The summed E-state index contributed by atoms with van der Waals surface area (Å²) in [5, 5.41) is 0. The fourth-order valence-corrected chi connectivity index (χ4v) is 10.8. The molecular weight excluding hydrogens is 857 g/mol. The number of benzene rings is 11. The van der Waals surface area contributed by atoms with Gasteiger partial charge in [-0.05, 0) is 145 Å². The van der Waals surface area contributed by atoms with Gasteiger partial charge in [0.25, 0.3) is 0 Å². The summed E-state index contributed by atoms with van der Waals surface area (Å²) < 4.78 is 0. The Bertz CT molecular complexity index is 3580. The van der Waals surface area contributed by atoms with Gasteiger partial charge in [0.2, 0.25) is 0 Å². The Labute approximate surface area is 418 Å². The van der Waals surface area contributed by atoms with Crippen molar-refractivity contribution in [3.63, 3.8) is 0 Å². The molecule has 2 nitrogen and oxygen atoms in total. The molecule has 0 atom stereocenters. The fraction of sp³-hybridized carbons (Fsp3) is 0.0435. The van der Waals surface area contributed by atoms with Gasteiger partial charge in [-0.3, -0.25) is 0 Å². The van der Waals surface area contributed by atoms with Crippen LogP contribution in [-0.4, -0.2) is 0 Å². The Morgan fingerprint density at radius 1 is 0.225 bits per heavy atom. The second-order valence-electron chi connectivity index (χ2n) is 18.9. The summed E-state index contributed by atoms with van der Waals surface area (Å²) in [6, 6.07) is 102. The monoisotopic (exact) mass is 908 g/mol. The Morgan fingerprint density at radius 3 is 1.18 bits per heavy atom. The normalized spacial score (nSPS) is 12.2. The second-order valence-corrected chi connectivity index (χ2v) is 18.9. The Morgan fingerprint density at radius 2 is 0.620 bits per heavy atom. The summed E-state index contributed by atoms with van der Waals surface area (Å²) in [5.74, 6) is 0. The van der Waals surface area contributed by atoms with E-state index < -0.39 is 0 Å². The maximum absolute atomic E-state index is 2.45. The lowest BCUT2D eigenvalue weighted by atomic mass is 9.82. The van der Waals surface area contributed by atoms with Gasteiger partial charge < -0.3 is 9.80 Å². The minimum absolute atomic E-state index is 0.172. The highest BCUT2D eigenvalue weighted by Crippen LogP contribution is 2.52. The molecule has 12 rings (SSSR count). The van der Waals surface area contributed by atoms with E-state index in [4.69, 9.17) is 0 Å². The molecule has 0 spiro atoms. The lowest BCUT2D eigenvalue weighted by Crippen LogP contribution is -2.17. The van der Waals surface area contributed by atoms with Crippen LogP contribution in [0.1, 0.15) is 25.0 Å². The molecular formula is C69H52N2. The lowest BCUT2D eigenvalue weighted by Gasteiger charge is -2.31. The van der Waals surface area contributed by atoms with Gasteiger partial charge in [-0.15, -0.1) is 0 Å². The van der Waals surface area contributed by atoms with Crippen LogP contribution in [0, 0.1) is 0 Å². The van der Waals surface area contributed by atoms with Gasteiger partial charge in [-0.1, -0.05) is 226 Å². The van der Waals surface area contributed by atoms with E-state index in [-0.39, 0.29) is 5.41 Å². The molecule has 0 aromatic heterocycles. The molecule has 0 bridgehead atoms. The summed E-state index contributed by atoms with van der Waals surface area (Å²) in [6.07, 6.45) is 0. The van der Waals surface area contributed by atoms with Crippen molar-refractivity contribution in [3.8, 4) is 66.8 Å². The topological polar surface area (TPSA) is 6.48 Å². The highest BCUT2D eigenvalue weighted by molar-refractivity contribution is 6.01. The average molecular weight is 909 g/mol. The summed E-state index contributed by atoms with van der Waals surface area (Å²) in [5.41, 5.74) is 23.2. The van der Waals surface area contributed by atoms with E-state index in [1.54, 1.807) is 0 Å². The highest BCUT2D eigenvalue weighted by Gasteiger charge is 2.36. The Hall–Kier alpha value is -8.98. The zero-order chi connectivity index (χ0) is 47.7. The fourth-order valence-electron chi connectivity index (χ4n) is 10.8. The van der Waals surface area contributed by atoms with Crippen LogP contribution in [0.2, 0.25) is 0 Å². The number of hydrogen-bond donors (Lipinski definition) is 0. The molecule has 0 N–H and O–H groups in total. The summed E-state index contributed by atoms with van der Waals surface area (Å²) in [4.78, 5) is 4.85. The van der Waals surface area contributed by atoms with Crippen molar-refractivity contribution in [3.05, 3.63) is 290 Å². The maximum atomic E-state index is 2.45. The second kappa shape index (κ2) is 18.5. The van der Waals surface area contributed by atoms with E-state index in [9.17, 15) is 0 Å². The molecule has 0 amide bonds. The van der Waals surface area contributed by atoms with Crippen LogP contribution in [0.25, 0.3) is 66.8 Å². The van der Waals surface area contributed by atoms with Crippen LogP contribution >= 0.6 is 0 Å². The number of rotatable bonds is 11. The SMILES string of the molecule is CC1(C)c2ccccc2-c2ccc(N(c3ccccc3)c3cc(-c4ccccc4-c4c(-c5ccccc5)cccc4-c4ccccc4)cc(N(c4ccccc4)c4ccc(-c5ccccc5)cc4)c3)cc21. The molecule has 2 heteroatoms. The van der Waals surface area contributed by atoms with Crippen LogP contribution < -0.4 is 9.80 Å². The molecule has 0 heterocycles. The first-order valence-corrected chi connectivity index (χ1v) is 24.6. The predicted molar refractivity (Wildman–Crippen MR) is 301 cm³/mol. The quantitative estimate of drug-likeness (QED) is 0.128. The first-order chi connectivity index (χ1) is 35.0. The van der Waals surface area contributed by atoms with Crippen molar-refractivity contribution in [2.24, 2.45) is 0 Å². The third-order valence-electron chi connectivity index (χ3n) is 14.2. The largest absolute Gasteiger partial charge is 0.310 e. The van der Waals surface area contributed by atoms with Crippen molar-refractivity contribution in [1.29, 1.82) is 0 Å². The smallest absolute Gasteiger partial charge is 0.0488 e. The molecule has 71 heavy (non-hydrogen) atoms. The molecule has 0 saturated heterocycles. The van der Waals surface area contributed by atoms with E-state index in [1.165, 1.54) is 61.2 Å². The van der Waals surface area contributed by atoms with Gasteiger partial charge in [0, 0.05) is 39.5 Å². The van der Waals surface area contributed by atoms with E-state index in [0.29, 0.717) is 0 Å². The standard InChI is InChI=1S/C69H52N2/c1-69(2)66-38-21-20-34-63(66)64-44-43-57(48-67(64)69)71(55-31-16-7-17-32-55)59-46-53(45-58(47-59)70(54-29-14-6-15-30-54)56-41-39-50(40-42-56)49-23-8-3-9-24-49)60-33-18-19-35-65(60)68-61(51-25-10-4-11-26-51)36-22-37-62(68)52-27-12-5-13-28-52/h3-48H,1-2H3. The molecule has 0 fully saturated rings. The van der Waals surface area contributed by atoms with E-state index in [2.05, 4.69) is 303 Å². The molecule has 338 valence electrons. The van der Waals surface area contributed by atoms with E-state index in [0.717, 1.165) is 50.8 Å². The lowest BCUT2D eigenvalue weighted by molar-refractivity contribution is 0.660. The van der Waals surface area contributed by atoms with Crippen molar-refractivity contribution >= 4 is 34.1 Å². The number of anilines is 6. The van der Waals surface area contributed by atoms with Gasteiger partial charge in [0.05, 0.1) is 0 Å². The summed E-state index contributed by atoms with van der Waals surface area (Å²) in [7, 11) is 0. The first-order valence-electron chi connectivity index (χ1n) is 24.6. The zero-order valence-electron chi connectivity index (χ0n) is 40.0. The number of fused-ring (bicyclic) bond motifs is 3. The average Bonchev–Trinajstić information content (AvgIpc) is 3.67. The van der Waals surface area contributed by atoms with E-state index >= 15 is 0 Å². The van der Waals surface area contributed by atoms with Gasteiger partial charge in [0.1, 0.15) is 0 Å². The van der Waals surface area contributed by atoms with Gasteiger partial charge in [0.15, 0.2) is 0 Å². The molecule has 0 radical (unpaired) electrons. The van der Waals surface area contributed by atoms with Crippen LogP contribution in [0.15, 0.2) is 279 Å². The van der Waals surface area contributed by atoms with E-state index in [1.807, 2.05) is 0 Å². The molecule has 11 aromatic rings. The van der Waals surface area contributed by atoms with Crippen molar-refractivity contribution in [2.45, 2.75) is 19.3 Å². The van der Waals surface area contributed by atoms with Gasteiger partial charge in [-0.2, -0.15) is 0 Å². The minimum Gasteiger partial charge on any atom is -0.310 e. The number of hydrogen-bond acceptors (Lipinski definition) is 2. The van der Waals surface area contributed by atoms with Crippen LogP contribution in [0.5, 0.6) is 0 Å². The van der Waals surface area contributed by atoms with Crippen LogP contribution in [0.4, 0.5) is 34.1 Å². The van der Waals surface area contributed by atoms with Crippen LogP contribution in [0.3, 0.4) is 0 Å². The molecule has 11 aromatic carbocycles. The first kappa shape index (κ1) is 43.3. The van der Waals surface area contributed by atoms with Crippen molar-refractivity contribution in [1.82, 2.24) is 0 Å². The third kappa shape index (κ3) is 8.10. The van der Waals surface area contributed by atoms with Gasteiger partial charge in [-0.25, -0.2) is 0 Å². The predicted octanol–water partition coefficient (Wildman–Crippen LogP) is 19.3. The number of para-hydroxylation sites is 2. The molecule has 1 aliphatic rings. The Balaban J connectivity index is 1.12. The molecule has 0 saturated carbocycles. The van der Waals surface area contributed by atoms with Crippen LogP contribution in [-0.2, 0) is 5.41 Å². The zero-order valence-corrected chi connectivity index (χ0v) is 40.0. The third-order valence-corrected chi connectivity index (χ3v) is 14.2. The van der Waals surface area contributed by atoms with Crippen molar-refractivity contribution in [2.75, 3.05) is 9.80 Å². The minimum atomic E-state index is -0.172. The molecule has 0 aliphatic heterocycles. The molecule has 0 unspecified atom stereocenters. The summed E-state index contributed by atoms with van der Waals surface area (Å²) in [6.45, 7) is 4.73.